The van der Waals surface area contributed by atoms with Gasteiger partial charge in [0.1, 0.15) is 5.75 Å². The molecule has 4 nitrogen and oxygen atoms in total. The highest BCUT2D eigenvalue weighted by molar-refractivity contribution is 8.00. The second-order valence-electron chi connectivity index (χ2n) is 6.65. The predicted molar refractivity (Wildman–Crippen MR) is 105 cm³/mol. The summed E-state index contributed by atoms with van der Waals surface area (Å²) in [5.74, 6) is -0.575. The van der Waals surface area contributed by atoms with Gasteiger partial charge in [-0.15, -0.1) is 11.8 Å². The lowest BCUT2D eigenvalue weighted by Gasteiger charge is -2.20. The number of carboxylic acids is 1. The summed E-state index contributed by atoms with van der Waals surface area (Å²) in [5, 5.41) is 21.7. The number of carbonyl (C=O) groups is 1. The van der Waals surface area contributed by atoms with Gasteiger partial charge in [0, 0.05) is 38.4 Å². The lowest BCUT2D eigenvalue weighted by atomic mass is 10.0. The standard InChI is InChI=1S/C20H18ClNO3S/c1-11-7-14-17(23)6-5-15-19(14)20(26-11)16(9-18(24)25)22(15)10-12-3-2-4-13(21)8-12/h2-6,8,11,23H,7,9-10H2,1H3,(H,24,25). The van der Waals surface area contributed by atoms with E-state index >= 15 is 0 Å². The number of nitrogens with zero attached hydrogens (tertiary/aromatic N) is 1. The number of thioether (sulfide) groups is 1. The zero-order valence-electron chi connectivity index (χ0n) is 14.2. The van der Waals surface area contributed by atoms with Crippen molar-refractivity contribution in [3.05, 3.63) is 58.2 Å². The van der Waals surface area contributed by atoms with Crippen LogP contribution in [0.25, 0.3) is 10.9 Å². The lowest BCUT2D eigenvalue weighted by Crippen LogP contribution is -2.11. The van der Waals surface area contributed by atoms with E-state index < -0.39 is 5.97 Å². The van der Waals surface area contributed by atoms with Crippen LogP contribution in [0, 0.1) is 0 Å². The Balaban J connectivity index is 1.96. The van der Waals surface area contributed by atoms with Crippen molar-refractivity contribution in [2.24, 2.45) is 0 Å². The zero-order chi connectivity index (χ0) is 18.4. The monoisotopic (exact) mass is 387 g/mol. The van der Waals surface area contributed by atoms with E-state index in [2.05, 4.69) is 11.5 Å². The number of rotatable bonds is 4. The van der Waals surface area contributed by atoms with E-state index in [0.717, 1.165) is 39.0 Å². The minimum absolute atomic E-state index is 0.0511. The molecule has 3 aromatic rings. The molecule has 134 valence electrons. The molecule has 1 aromatic heterocycles. The molecule has 6 heteroatoms. The third kappa shape index (κ3) is 2.95. The summed E-state index contributed by atoms with van der Waals surface area (Å²) in [4.78, 5) is 12.5. The predicted octanol–water partition coefficient (Wildman–Crippen LogP) is 4.71. The van der Waals surface area contributed by atoms with Crippen LogP contribution >= 0.6 is 23.4 Å². The van der Waals surface area contributed by atoms with Crippen molar-refractivity contribution < 1.29 is 15.0 Å². The smallest absolute Gasteiger partial charge is 0.309 e. The Kier molecular flexibility index (Phi) is 4.37. The van der Waals surface area contributed by atoms with Crippen LogP contribution in [-0.2, 0) is 24.2 Å². The fourth-order valence-corrected chi connectivity index (χ4v) is 5.23. The number of aliphatic carboxylic acids is 1. The summed E-state index contributed by atoms with van der Waals surface area (Å²) in [6.07, 6.45) is 0.721. The Morgan fingerprint density at radius 2 is 2.15 bits per heavy atom. The number of phenols is 1. The van der Waals surface area contributed by atoms with Gasteiger partial charge in [-0.2, -0.15) is 0 Å². The third-order valence-electron chi connectivity index (χ3n) is 4.73. The minimum Gasteiger partial charge on any atom is -0.508 e. The summed E-state index contributed by atoms with van der Waals surface area (Å²) in [6.45, 7) is 2.64. The first-order valence-electron chi connectivity index (χ1n) is 8.43. The molecule has 2 N–H and O–H groups in total. The molecule has 2 aromatic carbocycles. The molecule has 0 fully saturated rings. The fourth-order valence-electron chi connectivity index (χ4n) is 3.70. The molecule has 0 saturated heterocycles. The molecule has 0 radical (unpaired) electrons. The number of hydrogen-bond acceptors (Lipinski definition) is 3. The van der Waals surface area contributed by atoms with Crippen molar-refractivity contribution in [1.29, 1.82) is 0 Å². The average molecular weight is 388 g/mol. The molecule has 0 amide bonds. The maximum Gasteiger partial charge on any atom is 0.309 e. The molecular weight excluding hydrogens is 370 g/mol. The quantitative estimate of drug-likeness (QED) is 0.680. The Labute approximate surface area is 160 Å². The largest absolute Gasteiger partial charge is 0.508 e. The van der Waals surface area contributed by atoms with Gasteiger partial charge >= 0.3 is 5.97 Å². The topological polar surface area (TPSA) is 62.5 Å². The lowest BCUT2D eigenvalue weighted by molar-refractivity contribution is -0.136. The first kappa shape index (κ1) is 17.3. The van der Waals surface area contributed by atoms with E-state index in [1.807, 2.05) is 30.3 Å². The normalized spacial score (nSPS) is 16.2. The van der Waals surface area contributed by atoms with Crippen molar-refractivity contribution in [1.82, 2.24) is 4.57 Å². The van der Waals surface area contributed by atoms with Crippen LogP contribution in [-0.4, -0.2) is 26.0 Å². The van der Waals surface area contributed by atoms with Gasteiger partial charge in [-0.3, -0.25) is 4.79 Å². The number of aromatic nitrogens is 1. The van der Waals surface area contributed by atoms with Gasteiger partial charge in [-0.1, -0.05) is 30.7 Å². The summed E-state index contributed by atoms with van der Waals surface area (Å²) in [6, 6.07) is 11.2. The molecule has 0 spiro atoms. The van der Waals surface area contributed by atoms with Crippen LogP contribution in [0.3, 0.4) is 0 Å². The number of aromatic hydroxyl groups is 1. The summed E-state index contributed by atoms with van der Waals surface area (Å²) >= 11 is 7.82. The second-order valence-corrected chi connectivity index (χ2v) is 8.54. The van der Waals surface area contributed by atoms with Gasteiger partial charge in [0.25, 0.3) is 0 Å². The molecule has 26 heavy (non-hydrogen) atoms. The number of phenolic OH excluding ortho intramolecular Hbond substituents is 1. The van der Waals surface area contributed by atoms with Gasteiger partial charge in [-0.25, -0.2) is 0 Å². The van der Waals surface area contributed by atoms with E-state index in [9.17, 15) is 15.0 Å². The summed E-state index contributed by atoms with van der Waals surface area (Å²) in [5.41, 5.74) is 3.68. The molecule has 1 aliphatic rings. The highest BCUT2D eigenvalue weighted by Gasteiger charge is 2.29. The van der Waals surface area contributed by atoms with E-state index in [1.165, 1.54) is 0 Å². The van der Waals surface area contributed by atoms with Crippen molar-refractivity contribution in [3.63, 3.8) is 0 Å². The second kappa shape index (κ2) is 6.56. The molecule has 2 heterocycles. The molecule has 1 unspecified atom stereocenters. The van der Waals surface area contributed by atoms with Crippen molar-refractivity contribution in [2.75, 3.05) is 0 Å². The van der Waals surface area contributed by atoms with Crippen LogP contribution in [0.4, 0.5) is 0 Å². The van der Waals surface area contributed by atoms with E-state index in [1.54, 1.807) is 17.8 Å². The zero-order valence-corrected chi connectivity index (χ0v) is 15.8. The Bertz CT molecular complexity index is 1030. The highest BCUT2D eigenvalue weighted by Crippen LogP contribution is 2.46. The maximum absolute atomic E-state index is 11.5. The number of halogens is 1. The van der Waals surface area contributed by atoms with Crippen LogP contribution in [0.2, 0.25) is 5.02 Å². The Hall–Kier alpha value is -2.11. The van der Waals surface area contributed by atoms with Crippen LogP contribution < -0.4 is 0 Å². The Morgan fingerprint density at radius 1 is 1.35 bits per heavy atom. The fraction of sp³-hybridized carbons (Fsp3) is 0.250. The summed E-state index contributed by atoms with van der Waals surface area (Å²) < 4.78 is 2.05. The van der Waals surface area contributed by atoms with Gasteiger partial charge in [-0.05, 0) is 36.2 Å². The van der Waals surface area contributed by atoms with E-state index in [-0.39, 0.29) is 17.4 Å². The van der Waals surface area contributed by atoms with Gasteiger partial charge in [0.15, 0.2) is 0 Å². The van der Waals surface area contributed by atoms with Crippen LogP contribution in [0.1, 0.15) is 23.7 Å². The van der Waals surface area contributed by atoms with Crippen LogP contribution in [0.15, 0.2) is 41.3 Å². The van der Waals surface area contributed by atoms with Gasteiger partial charge < -0.3 is 14.8 Å². The highest BCUT2D eigenvalue weighted by atomic mass is 35.5. The minimum atomic E-state index is -0.860. The molecule has 0 bridgehead atoms. The molecule has 0 aliphatic carbocycles. The average Bonchev–Trinajstić information content (AvgIpc) is 2.85. The molecular formula is C20H18ClNO3S. The SMILES string of the molecule is CC1Cc2c(O)ccc3c2c(c(CC(=O)O)n3Cc2cccc(Cl)c2)S1. The van der Waals surface area contributed by atoms with Crippen molar-refractivity contribution in [2.45, 2.75) is 36.5 Å². The van der Waals surface area contributed by atoms with E-state index in [4.69, 9.17) is 11.6 Å². The Morgan fingerprint density at radius 3 is 2.88 bits per heavy atom. The number of hydrogen-bond donors (Lipinski definition) is 2. The van der Waals surface area contributed by atoms with Crippen molar-refractivity contribution >= 4 is 40.2 Å². The first-order chi connectivity index (χ1) is 12.4. The third-order valence-corrected chi connectivity index (χ3v) is 6.21. The van der Waals surface area contributed by atoms with E-state index in [0.29, 0.717) is 11.6 Å². The van der Waals surface area contributed by atoms with Crippen molar-refractivity contribution in [3.8, 4) is 5.75 Å². The molecule has 1 atom stereocenters. The summed E-state index contributed by atoms with van der Waals surface area (Å²) in [7, 11) is 0. The molecule has 1 aliphatic heterocycles. The van der Waals surface area contributed by atoms with Crippen LogP contribution in [0.5, 0.6) is 5.75 Å². The number of benzene rings is 2. The molecule has 4 rings (SSSR count). The van der Waals surface area contributed by atoms with Gasteiger partial charge in [0.05, 0.1) is 11.9 Å². The maximum atomic E-state index is 11.5. The van der Waals surface area contributed by atoms with Gasteiger partial charge in [0.2, 0.25) is 0 Å². The number of carboxylic acid groups (broad SMARTS) is 1. The first-order valence-corrected chi connectivity index (χ1v) is 9.68. The molecule has 0 saturated carbocycles.